The van der Waals surface area contributed by atoms with Gasteiger partial charge in [-0.15, -0.1) is 5.10 Å². The van der Waals surface area contributed by atoms with E-state index in [1.54, 1.807) is 0 Å². The predicted molar refractivity (Wildman–Crippen MR) is 180 cm³/mol. The summed E-state index contributed by atoms with van der Waals surface area (Å²) >= 11 is 0. The van der Waals surface area contributed by atoms with Gasteiger partial charge < -0.3 is 23.8 Å². The van der Waals surface area contributed by atoms with Gasteiger partial charge in [-0.05, 0) is 61.8 Å². The fourth-order valence-corrected chi connectivity index (χ4v) is 5.75. The lowest BCUT2D eigenvalue weighted by atomic mass is 10.00. The largest absolute Gasteiger partial charge is 0.386 e. The Morgan fingerprint density at radius 1 is 1.02 bits per heavy atom. The van der Waals surface area contributed by atoms with Crippen LogP contribution in [0.5, 0.6) is 0 Å². The number of aliphatic hydroxyl groups is 1. The van der Waals surface area contributed by atoms with Crippen LogP contribution in [0.3, 0.4) is 0 Å². The Kier molecular flexibility index (Phi) is 15.7. The van der Waals surface area contributed by atoms with E-state index < -0.39 is 11.2 Å². The van der Waals surface area contributed by atoms with Crippen LogP contribution >= 0.6 is 0 Å². The van der Waals surface area contributed by atoms with Gasteiger partial charge in [-0.1, -0.05) is 12.1 Å². The number of likely N-dealkylation sites (N-methyl/N-ethyl adjacent to an activating group) is 2. The number of Topliss-reactive ketones (excluding diaryl/α,β-unsaturated/α-hetero) is 1. The molecular formula is C34H67N6O6+. The van der Waals surface area contributed by atoms with Gasteiger partial charge in [-0.2, -0.15) is 5.06 Å². The number of hydroxylamine groups is 2. The number of nitrogens with zero attached hydrogens (tertiary/aromatic N) is 6. The maximum absolute atomic E-state index is 11.8. The first-order chi connectivity index (χ1) is 21.2. The highest BCUT2D eigenvalue weighted by molar-refractivity contribution is 5.78. The Balaban J connectivity index is 1.66. The summed E-state index contributed by atoms with van der Waals surface area (Å²) in [4.78, 5) is 20.1. The van der Waals surface area contributed by atoms with Crippen molar-refractivity contribution in [2.45, 2.75) is 130 Å². The maximum atomic E-state index is 11.8. The molecule has 1 aromatic rings. The van der Waals surface area contributed by atoms with E-state index in [4.69, 9.17) is 19.0 Å². The van der Waals surface area contributed by atoms with Crippen molar-refractivity contribution in [3.8, 4) is 0 Å². The maximum Gasteiger partial charge on any atom is 0.135 e. The van der Waals surface area contributed by atoms with Crippen LogP contribution in [0.25, 0.3) is 0 Å². The normalized spacial score (nSPS) is 18.8. The summed E-state index contributed by atoms with van der Waals surface area (Å²) in [7, 11) is 6.28. The van der Waals surface area contributed by atoms with Crippen LogP contribution in [0.2, 0.25) is 0 Å². The summed E-state index contributed by atoms with van der Waals surface area (Å²) < 4.78 is 20.9. The molecule has 0 spiro atoms. The third-order valence-electron chi connectivity index (χ3n) is 9.01. The van der Waals surface area contributed by atoms with E-state index in [9.17, 15) is 9.90 Å². The second-order valence-electron chi connectivity index (χ2n) is 15.7. The Morgan fingerprint density at radius 3 is 2.30 bits per heavy atom. The van der Waals surface area contributed by atoms with Crippen molar-refractivity contribution in [3.63, 3.8) is 0 Å². The van der Waals surface area contributed by atoms with Crippen LogP contribution < -0.4 is 0 Å². The van der Waals surface area contributed by atoms with Gasteiger partial charge in [0.2, 0.25) is 0 Å². The Bertz CT molecular complexity index is 1040. The van der Waals surface area contributed by atoms with Gasteiger partial charge in [-0.3, -0.25) is 14.5 Å². The van der Waals surface area contributed by atoms with E-state index in [1.165, 1.54) is 0 Å². The summed E-state index contributed by atoms with van der Waals surface area (Å²) in [6.45, 7) is 24.2. The average molecular weight is 656 g/mol. The molecule has 2 rings (SSSR count). The predicted octanol–water partition coefficient (Wildman–Crippen LogP) is 3.36. The van der Waals surface area contributed by atoms with Crippen molar-refractivity contribution in [3.05, 3.63) is 11.9 Å². The van der Waals surface area contributed by atoms with Crippen molar-refractivity contribution in [2.24, 2.45) is 0 Å². The van der Waals surface area contributed by atoms with Crippen molar-refractivity contribution in [2.75, 3.05) is 73.7 Å². The van der Waals surface area contributed by atoms with Crippen LogP contribution in [0.4, 0.5) is 0 Å². The number of quaternary nitrogens is 1. The van der Waals surface area contributed by atoms with E-state index in [-0.39, 0.29) is 23.5 Å². The summed E-state index contributed by atoms with van der Waals surface area (Å²) in [6.07, 6.45) is 3.97. The van der Waals surface area contributed by atoms with Gasteiger partial charge in [0.05, 0.1) is 69.5 Å². The van der Waals surface area contributed by atoms with Crippen molar-refractivity contribution in [1.29, 1.82) is 0 Å². The lowest BCUT2D eigenvalue weighted by Gasteiger charge is -2.37. The minimum absolute atomic E-state index is 0.186. The SMILES string of the molecule is CCC(=O)CC(C)(C)OCCC(C)(C)OCCn1cc(CC(C)(C)OCCN(C)OCC[N+](C)(C)C2CN(C(C)C)CC2O)nn1. The van der Waals surface area contributed by atoms with Gasteiger partial charge in [0, 0.05) is 51.6 Å². The molecule has 1 fully saturated rings. The number of hydrogen-bond acceptors (Lipinski definition) is 10. The molecule has 1 aliphatic heterocycles. The van der Waals surface area contributed by atoms with Crippen LogP contribution in [-0.2, 0) is 36.8 Å². The lowest BCUT2D eigenvalue weighted by molar-refractivity contribution is -0.916. The van der Waals surface area contributed by atoms with Crippen LogP contribution in [0.15, 0.2) is 6.20 Å². The molecule has 1 saturated heterocycles. The van der Waals surface area contributed by atoms with Gasteiger partial charge in [0.1, 0.15) is 31.1 Å². The average Bonchev–Trinajstić information content (AvgIpc) is 3.53. The van der Waals surface area contributed by atoms with Gasteiger partial charge in [0.15, 0.2) is 0 Å². The second kappa shape index (κ2) is 17.8. The molecule has 1 N–H and O–H groups in total. The van der Waals surface area contributed by atoms with E-state index >= 15 is 0 Å². The summed E-state index contributed by atoms with van der Waals surface area (Å²) in [5.41, 5.74) is -0.356. The van der Waals surface area contributed by atoms with Crippen molar-refractivity contribution >= 4 is 5.78 Å². The number of ether oxygens (including phenoxy) is 3. The molecule has 0 saturated carbocycles. The molecule has 0 amide bonds. The number of hydrogen-bond donors (Lipinski definition) is 1. The van der Waals surface area contributed by atoms with Crippen molar-refractivity contribution in [1.82, 2.24) is 25.0 Å². The number of carbonyl (C=O) groups is 1. The molecule has 46 heavy (non-hydrogen) atoms. The van der Waals surface area contributed by atoms with E-state index in [2.05, 4.69) is 70.8 Å². The molecule has 1 aromatic heterocycles. The third kappa shape index (κ3) is 14.7. The highest BCUT2D eigenvalue weighted by atomic mass is 16.7. The Morgan fingerprint density at radius 2 is 1.67 bits per heavy atom. The minimum atomic E-state index is -0.463. The second-order valence-corrected chi connectivity index (χ2v) is 15.7. The molecule has 0 radical (unpaired) electrons. The van der Waals surface area contributed by atoms with E-state index in [0.717, 1.165) is 36.2 Å². The molecule has 2 atom stereocenters. The molecular weight excluding hydrogens is 588 g/mol. The van der Waals surface area contributed by atoms with Crippen LogP contribution in [0.1, 0.15) is 87.3 Å². The standard InChI is InChI=1S/C34H67N6O6/c1-13-29(41)23-34(8,9)43-18-14-32(4,5)44-20-16-39-24-28(35-36-39)22-33(6,7)45-19-15-37(10)46-21-17-40(11,12)30-25-38(27(2)3)26-31(30)42/h24,27,30-31,42H,13-23,25-26H2,1-12H3/q+1. The van der Waals surface area contributed by atoms with Crippen LogP contribution in [0, 0.1) is 0 Å². The van der Waals surface area contributed by atoms with E-state index in [0.29, 0.717) is 64.8 Å². The first-order valence-corrected chi connectivity index (χ1v) is 17.2. The first kappa shape index (κ1) is 40.7. The van der Waals surface area contributed by atoms with Gasteiger partial charge in [-0.25, -0.2) is 4.68 Å². The first-order valence-electron chi connectivity index (χ1n) is 17.2. The summed E-state index contributed by atoms with van der Waals surface area (Å²) in [6, 6.07) is 0.627. The number of aliphatic hydroxyl groups excluding tert-OH is 1. The number of carbonyl (C=O) groups excluding carboxylic acids is 1. The smallest absolute Gasteiger partial charge is 0.135 e. The summed E-state index contributed by atoms with van der Waals surface area (Å²) in [5, 5.41) is 21.1. The monoisotopic (exact) mass is 656 g/mol. The molecule has 0 aliphatic carbocycles. The lowest BCUT2D eigenvalue weighted by Crippen LogP contribution is -2.56. The Hall–Kier alpha value is -1.51. The number of likely N-dealkylation sites (tertiary alicyclic amines) is 1. The zero-order valence-corrected chi connectivity index (χ0v) is 31.2. The summed E-state index contributed by atoms with van der Waals surface area (Å²) in [5.74, 6) is 0.214. The fourth-order valence-electron chi connectivity index (χ4n) is 5.75. The van der Waals surface area contributed by atoms with Gasteiger partial charge in [0.25, 0.3) is 0 Å². The zero-order chi connectivity index (χ0) is 34.8. The topological polar surface area (TPSA) is 111 Å². The van der Waals surface area contributed by atoms with Crippen LogP contribution in [-0.4, -0.2) is 149 Å². The molecule has 0 aromatic carbocycles. The molecule has 0 bridgehead atoms. The number of ketones is 1. The molecule has 268 valence electrons. The minimum Gasteiger partial charge on any atom is -0.386 e. The van der Waals surface area contributed by atoms with Gasteiger partial charge >= 0.3 is 0 Å². The number of rotatable bonds is 23. The molecule has 2 unspecified atom stereocenters. The fraction of sp³-hybridized carbons (Fsp3) is 0.912. The molecule has 12 nitrogen and oxygen atoms in total. The number of β-amino-alcohol motifs (C(OH)–C–C–N with tert-alkyl or cyclic N) is 1. The van der Waals surface area contributed by atoms with Crippen molar-refractivity contribution < 1.29 is 33.4 Å². The highest BCUT2D eigenvalue weighted by Gasteiger charge is 2.42. The highest BCUT2D eigenvalue weighted by Crippen LogP contribution is 2.23. The molecule has 2 heterocycles. The Labute approximate surface area is 279 Å². The molecule has 12 heteroatoms. The quantitative estimate of drug-likeness (QED) is 0.139. The number of aromatic nitrogens is 3. The zero-order valence-electron chi connectivity index (χ0n) is 31.2. The molecule has 1 aliphatic rings. The van der Waals surface area contributed by atoms with E-state index in [1.807, 2.05) is 43.8 Å². The third-order valence-corrected chi connectivity index (χ3v) is 9.01.